The summed E-state index contributed by atoms with van der Waals surface area (Å²) in [7, 11) is 0. The molecule has 1 saturated heterocycles. The maximum absolute atomic E-state index is 3.65. The van der Waals surface area contributed by atoms with E-state index in [0.29, 0.717) is 12.1 Å². The number of nitrogens with one attached hydrogen (secondary N) is 1. The molecule has 2 heteroatoms. The van der Waals surface area contributed by atoms with E-state index in [9.17, 15) is 0 Å². The van der Waals surface area contributed by atoms with Gasteiger partial charge in [-0.05, 0) is 26.2 Å². The molecule has 0 spiro atoms. The largest absolute Gasteiger partial charge is 0.311 e. The summed E-state index contributed by atoms with van der Waals surface area (Å²) >= 11 is 0. The average molecular weight is 212 g/mol. The van der Waals surface area contributed by atoms with Crippen molar-refractivity contribution in [3.8, 4) is 0 Å². The fraction of sp³-hybridized carbons (Fsp3) is 1.00. The highest BCUT2D eigenvalue weighted by Crippen LogP contribution is 2.17. The lowest BCUT2D eigenvalue weighted by Gasteiger charge is -2.43. The van der Waals surface area contributed by atoms with E-state index < -0.39 is 0 Å². The Morgan fingerprint density at radius 1 is 1.33 bits per heavy atom. The minimum Gasteiger partial charge on any atom is -0.311 e. The molecule has 3 atom stereocenters. The summed E-state index contributed by atoms with van der Waals surface area (Å²) in [6.07, 6.45) is 2.62. The summed E-state index contributed by atoms with van der Waals surface area (Å²) in [5.41, 5.74) is 0. The molecule has 2 nitrogen and oxygen atoms in total. The smallest absolute Gasteiger partial charge is 0.0218 e. The SMILES string of the molecule is CCCC(C)N1CC(C(C)C)NCC1C. The number of piperazine rings is 1. The van der Waals surface area contributed by atoms with Crippen molar-refractivity contribution in [3.63, 3.8) is 0 Å². The molecule has 1 heterocycles. The number of hydrogen-bond acceptors (Lipinski definition) is 2. The molecule has 1 rings (SSSR count). The van der Waals surface area contributed by atoms with Crippen molar-refractivity contribution in [1.29, 1.82) is 0 Å². The average Bonchev–Trinajstić information content (AvgIpc) is 2.18. The van der Waals surface area contributed by atoms with Crippen LogP contribution in [0.5, 0.6) is 0 Å². The van der Waals surface area contributed by atoms with Gasteiger partial charge in [-0.15, -0.1) is 0 Å². The second kappa shape index (κ2) is 5.86. The van der Waals surface area contributed by atoms with E-state index in [1.807, 2.05) is 0 Å². The van der Waals surface area contributed by atoms with Crippen molar-refractivity contribution in [2.45, 2.75) is 65.6 Å². The van der Waals surface area contributed by atoms with Crippen LogP contribution in [-0.4, -0.2) is 36.1 Å². The van der Waals surface area contributed by atoms with Gasteiger partial charge in [0.1, 0.15) is 0 Å². The summed E-state index contributed by atoms with van der Waals surface area (Å²) < 4.78 is 0. The Labute approximate surface area is 95.4 Å². The fourth-order valence-corrected chi connectivity index (χ4v) is 2.56. The Bertz CT molecular complexity index is 179. The standard InChI is InChI=1S/C13H28N2/c1-6-7-11(4)15-9-13(10(2)3)14-8-12(15)5/h10-14H,6-9H2,1-5H3. The van der Waals surface area contributed by atoms with E-state index in [1.165, 1.54) is 19.4 Å². The van der Waals surface area contributed by atoms with Crippen LogP contribution in [0.3, 0.4) is 0 Å². The van der Waals surface area contributed by atoms with Crippen LogP contribution in [0.25, 0.3) is 0 Å². The van der Waals surface area contributed by atoms with E-state index >= 15 is 0 Å². The van der Waals surface area contributed by atoms with Gasteiger partial charge in [0.05, 0.1) is 0 Å². The van der Waals surface area contributed by atoms with Crippen LogP contribution in [0.4, 0.5) is 0 Å². The van der Waals surface area contributed by atoms with Gasteiger partial charge < -0.3 is 5.32 Å². The first kappa shape index (κ1) is 13.0. The maximum atomic E-state index is 3.65. The predicted molar refractivity (Wildman–Crippen MR) is 67.2 cm³/mol. The van der Waals surface area contributed by atoms with Crippen LogP contribution in [0.15, 0.2) is 0 Å². The first-order valence-corrected chi connectivity index (χ1v) is 6.55. The monoisotopic (exact) mass is 212 g/mol. The second-order valence-corrected chi connectivity index (χ2v) is 5.44. The van der Waals surface area contributed by atoms with Crippen LogP contribution in [-0.2, 0) is 0 Å². The van der Waals surface area contributed by atoms with E-state index in [0.717, 1.165) is 18.5 Å². The summed E-state index contributed by atoms with van der Waals surface area (Å²) in [5, 5.41) is 3.65. The summed E-state index contributed by atoms with van der Waals surface area (Å²) in [5.74, 6) is 0.744. The molecule has 0 aromatic heterocycles. The van der Waals surface area contributed by atoms with E-state index in [-0.39, 0.29) is 0 Å². The topological polar surface area (TPSA) is 15.3 Å². The van der Waals surface area contributed by atoms with Gasteiger partial charge in [-0.2, -0.15) is 0 Å². The third-order valence-corrected chi connectivity index (χ3v) is 3.73. The van der Waals surface area contributed by atoms with Crippen LogP contribution in [0.1, 0.15) is 47.5 Å². The van der Waals surface area contributed by atoms with Crippen molar-refractivity contribution in [3.05, 3.63) is 0 Å². The number of nitrogens with zero attached hydrogens (tertiary/aromatic N) is 1. The molecule has 0 aromatic carbocycles. The molecular weight excluding hydrogens is 184 g/mol. The van der Waals surface area contributed by atoms with Gasteiger partial charge in [0, 0.05) is 31.2 Å². The maximum Gasteiger partial charge on any atom is 0.0218 e. The lowest BCUT2D eigenvalue weighted by atomic mass is 9.97. The normalized spacial score (nSPS) is 30.8. The molecule has 0 saturated carbocycles. The van der Waals surface area contributed by atoms with E-state index in [1.54, 1.807) is 0 Å². The minimum absolute atomic E-state index is 0.681. The van der Waals surface area contributed by atoms with Gasteiger partial charge in [0.25, 0.3) is 0 Å². The van der Waals surface area contributed by atoms with Gasteiger partial charge in [0.15, 0.2) is 0 Å². The fourth-order valence-electron chi connectivity index (χ4n) is 2.56. The predicted octanol–water partition coefficient (Wildman–Crippen LogP) is 2.49. The molecule has 1 fully saturated rings. The van der Waals surface area contributed by atoms with Crippen LogP contribution < -0.4 is 5.32 Å². The summed E-state index contributed by atoms with van der Waals surface area (Å²) in [4.78, 5) is 2.69. The molecule has 3 unspecified atom stereocenters. The van der Waals surface area contributed by atoms with Crippen molar-refractivity contribution in [2.24, 2.45) is 5.92 Å². The Morgan fingerprint density at radius 3 is 2.53 bits per heavy atom. The molecule has 15 heavy (non-hydrogen) atoms. The Kier molecular flexibility index (Phi) is 5.07. The molecule has 0 amide bonds. The molecule has 1 aliphatic rings. The quantitative estimate of drug-likeness (QED) is 0.770. The first-order valence-electron chi connectivity index (χ1n) is 6.55. The molecule has 0 bridgehead atoms. The Balaban J connectivity index is 2.52. The lowest BCUT2D eigenvalue weighted by molar-refractivity contribution is 0.0811. The van der Waals surface area contributed by atoms with Gasteiger partial charge in [-0.25, -0.2) is 0 Å². The van der Waals surface area contributed by atoms with Gasteiger partial charge in [-0.3, -0.25) is 4.90 Å². The number of rotatable bonds is 4. The third kappa shape index (κ3) is 3.46. The van der Waals surface area contributed by atoms with E-state index in [4.69, 9.17) is 0 Å². The Morgan fingerprint density at radius 2 is 2.00 bits per heavy atom. The molecule has 0 aliphatic carbocycles. The van der Waals surface area contributed by atoms with Crippen molar-refractivity contribution < 1.29 is 0 Å². The second-order valence-electron chi connectivity index (χ2n) is 5.44. The van der Waals surface area contributed by atoms with Crippen LogP contribution in [0.2, 0.25) is 0 Å². The van der Waals surface area contributed by atoms with Gasteiger partial charge in [-0.1, -0.05) is 27.2 Å². The highest BCUT2D eigenvalue weighted by Gasteiger charge is 2.29. The number of hydrogen-bond donors (Lipinski definition) is 1. The zero-order chi connectivity index (χ0) is 11.4. The minimum atomic E-state index is 0.681. The molecule has 1 aliphatic heterocycles. The zero-order valence-electron chi connectivity index (χ0n) is 11.1. The first-order chi connectivity index (χ1) is 7.06. The molecule has 0 radical (unpaired) electrons. The highest BCUT2D eigenvalue weighted by molar-refractivity contribution is 4.87. The molecule has 1 N–H and O–H groups in total. The van der Waals surface area contributed by atoms with Crippen molar-refractivity contribution in [1.82, 2.24) is 10.2 Å². The van der Waals surface area contributed by atoms with Gasteiger partial charge >= 0.3 is 0 Å². The molecule has 0 aromatic rings. The van der Waals surface area contributed by atoms with E-state index in [2.05, 4.69) is 44.8 Å². The zero-order valence-corrected chi connectivity index (χ0v) is 11.1. The van der Waals surface area contributed by atoms with Crippen LogP contribution in [0, 0.1) is 5.92 Å². The third-order valence-electron chi connectivity index (χ3n) is 3.73. The lowest BCUT2D eigenvalue weighted by Crippen LogP contribution is -2.59. The Hall–Kier alpha value is -0.0800. The van der Waals surface area contributed by atoms with Crippen LogP contribution >= 0.6 is 0 Å². The molecule has 90 valence electrons. The van der Waals surface area contributed by atoms with Crippen molar-refractivity contribution in [2.75, 3.05) is 13.1 Å². The van der Waals surface area contributed by atoms with Crippen molar-refractivity contribution >= 4 is 0 Å². The molecular formula is C13H28N2. The summed E-state index contributed by atoms with van der Waals surface area (Å²) in [6, 6.07) is 2.12. The van der Waals surface area contributed by atoms with Gasteiger partial charge in [0.2, 0.25) is 0 Å². The highest BCUT2D eigenvalue weighted by atomic mass is 15.2. The summed E-state index contributed by atoms with van der Waals surface area (Å²) in [6.45, 7) is 14.0.